The van der Waals surface area contributed by atoms with Crippen molar-refractivity contribution in [2.45, 2.75) is 12.8 Å². The highest BCUT2D eigenvalue weighted by molar-refractivity contribution is 5.71. The van der Waals surface area contributed by atoms with E-state index in [0.29, 0.717) is 13.0 Å². The van der Waals surface area contributed by atoms with Gasteiger partial charge in [0, 0.05) is 6.42 Å². The fraction of sp³-hybridized carbons (Fsp3) is 0.714. The molecule has 11 heavy (non-hydrogen) atoms. The second kappa shape index (κ2) is 7.03. The van der Waals surface area contributed by atoms with Crippen LogP contribution in [0.1, 0.15) is 12.8 Å². The molecule has 0 radical (unpaired) electrons. The third kappa shape index (κ3) is 6.81. The molecular formula is C7H12N2O2. The molecule has 0 aliphatic rings. The molecule has 0 fully saturated rings. The van der Waals surface area contributed by atoms with E-state index in [4.69, 9.17) is 5.26 Å². The molecule has 0 amide bonds. The first-order valence-electron chi connectivity index (χ1n) is 3.45. The Morgan fingerprint density at radius 1 is 1.73 bits per heavy atom. The molecule has 0 atom stereocenters. The summed E-state index contributed by atoms with van der Waals surface area (Å²) in [5.41, 5.74) is 0. The first kappa shape index (κ1) is 9.92. The van der Waals surface area contributed by atoms with Crippen LogP contribution in [-0.2, 0) is 9.53 Å². The largest absolute Gasteiger partial charge is 0.468 e. The van der Waals surface area contributed by atoms with Gasteiger partial charge in [-0.15, -0.1) is 0 Å². The lowest BCUT2D eigenvalue weighted by atomic mass is 10.3. The molecule has 4 nitrogen and oxygen atoms in total. The summed E-state index contributed by atoms with van der Waals surface area (Å²) in [6, 6.07) is 2.01. The molecule has 0 aromatic heterocycles. The summed E-state index contributed by atoms with van der Waals surface area (Å²) < 4.78 is 4.39. The molecule has 0 rings (SSSR count). The number of nitrogens with one attached hydrogen (secondary N) is 1. The molecule has 0 aliphatic carbocycles. The summed E-state index contributed by atoms with van der Waals surface area (Å²) in [6.07, 6.45) is 1.29. The Labute approximate surface area is 66.1 Å². The molecule has 0 spiro atoms. The Bertz CT molecular complexity index is 151. The summed E-state index contributed by atoms with van der Waals surface area (Å²) in [5, 5.41) is 11.0. The summed E-state index contributed by atoms with van der Waals surface area (Å²) >= 11 is 0. The van der Waals surface area contributed by atoms with E-state index in [9.17, 15) is 4.79 Å². The molecule has 0 aromatic rings. The number of nitriles is 1. The van der Waals surface area contributed by atoms with E-state index in [1.807, 2.05) is 6.07 Å². The molecule has 0 aliphatic heterocycles. The van der Waals surface area contributed by atoms with Gasteiger partial charge < -0.3 is 10.1 Å². The van der Waals surface area contributed by atoms with Crippen LogP contribution in [0.4, 0.5) is 0 Å². The van der Waals surface area contributed by atoms with Crippen molar-refractivity contribution in [3.05, 3.63) is 0 Å². The zero-order chi connectivity index (χ0) is 8.53. The molecule has 62 valence electrons. The van der Waals surface area contributed by atoms with Crippen molar-refractivity contribution >= 4 is 5.97 Å². The molecule has 0 heterocycles. The number of esters is 1. The van der Waals surface area contributed by atoms with Crippen LogP contribution in [0, 0.1) is 11.3 Å². The first-order chi connectivity index (χ1) is 5.31. The predicted octanol–water partition coefficient (Wildman–Crippen LogP) is 0.0528. The number of hydrogen-bond acceptors (Lipinski definition) is 4. The van der Waals surface area contributed by atoms with Gasteiger partial charge in [0.2, 0.25) is 0 Å². The van der Waals surface area contributed by atoms with E-state index in [1.54, 1.807) is 0 Å². The zero-order valence-electron chi connectivity index (χ0n) is 6.59. The van der Waals surface area contributed by atoms with Crippen LogP contribution >= 0.6 is 0 Å². The van der Waals surface area contributed by atoms with E-state index < -0.39 is 0 Å². The number of carbonyl (C=O) groups is 1. The SMILES string of the molecule is COC(=O)CNCCCC#N. The van der Waals surface area contributed by atoms with Crippen molar-refractivity contribution in [1.29, 1.82) is 5.26 Å². The number of unbranched alkanes of at least 4 members (excludes halogenated alkanes) is 1. The lowest BCUT2D eigenvalue weighted by Crippen LogP contribution is -2.24. The maximum Gasteiger partial charge on any atom is 0.319 e. The zero-order valence-corrected chi connectivity index (χ0v) is 6.59. The van der Waals surface area contributed by atoms with Crippen LogP contribution in [0.5, 0.6) is 0 Å². The Kier molecular flexibility index (Phi) is 6.34. The standard InChI is InChI=1S/C7H12N2O2/c1-11-7(10)6-9-5-3-2-4-8/h9H,2-3,5-6H2,1H3. The van der Waals surface area contributed by atoms with Crippen LogP contribution < -0.4 is 5.32 Å². The van der Waals surface area contributed by atoms with Gasteiger partial charge in [0.15, 0.2) is 0 Å². The number of methoxy groups -OCH3 is 1. The monoisotopic (exact) mass is 156 g/mol. The van der Waals surface area contributed by atoms with Gasteiger partial charge in [-0.2, -0.15) is 5.26 Å². The Morgan fingerprint density at radius 3 is 3.00 bits per heavy atom. The van der Waals surface area contributed by atoms with Crippen molar-refractivity contribution in [3.8, 4) is 6.07 Å². The van der Waals surface area contributed by atoms with Crippen molar-refractivity contribution < 1.29 is 9.53 Å². The van der Waals surface area contributed by atoms with Crippen LogP contribution in [0.15, 0.2) is 0 Å². The average molecular weight is 156 g/mol. The number of ether oxygens (including phenoxy) is 1. The summed E-state index contributed by atoms with van der Waals surface area (Å²) in [7, 11) is 1.35. The third-order valence-corrected chi connectivity index (χ3v) is 1.14. The Hall–Kier alpha value is -1.08. The molecule has 0 saturated carbocycles. The van der Waals surface area contributed by atoms with Gasteiger partial charge >= 0.3 is 5.97 Å². The lowest BCUT2D eigenvalue weighted by Gasteiger charge is -1.99. The molecular weight excluding hydrogens is 144 g/mol. The van der Waals surface area contributed by atoms with Gasteiger partial charge in [0.05, 0.1) is 19.7 Å². The van der Waals surface area contributed by atoms with Gasteiger partial charge in [-0.05, 0) is 13.0 Å². The van der Waals surface area contributed by atoms with E-state index in [-0.39, 0.29) is 12.5 Å². The van der Waals surface area contributed by atoms with Crippen molar-refractivity contribution in [2.75, 3.05) is 20.2 Å². The number of hydrogen-bond donors (Lipinski definition) is 1. The second-order valence-corrected chi connectivity index (χ2v) is 2.01. The van der Waals surface area contributed by atoms with Crippen LogP contribution in [0.2, 0.25) is 0 Å². The van der Waals surface area contributed by atoms with E-state index in [0.717, 1.165) is 6.42 Å². The average Bonchev–Trinajstić information content (AvgIpc) is 2.04. The minimum atomic E-state index is -0.276. The topological polar surface area (TPSA) is 62.1 Å². The fourth-order valence-electron chi connectivity index (χ4n) is 0.555. The third-order valence-electron chi connectivity index (χ3n) is 1.14. The molecule has 0 aromatic carbocycles. The van der Waals surface area contributed by atoms with E-state index >= 15 is 0 Å². The van der Waals surface area contributed by atoms with Gasteiger partial charge in [-0.25, -0.2) is 0 Å². The van der Waals surface area contributed by atoms with Crippen molar-refractivity contribution in [3.63, 3.8) is 0 Å². The minimum Gasteiger partial charge on any atom is -0.468 e. The van der Waals surface area contributed by atoms with Crippen molar-refractivity contribution in [2.24, 2.45) is 0 Å². The summed E-state index contributed by atoms with van der Waals surface area (Å²) in [5.74, 6) is -0.276. The highest BCUT2D eigenvalue weighted by atomic mass is 16.5. The normalized spacial score (nSPS) is 8.73. The van der Waals surface area contributed by atoms with Crippen LogP contribution in [-0.4, -0.2) is 26.2 Å². The van der Waals surface area contributed by atoms with Crippen LogP contribution in [0.25, 0.3) is 0 Å². The quantitative estimate of drug-likeness (QED) is 0.451. The highest BCUT2D eigenvalue weighted by Crippen LogP contribution is 1.82. The van der Waals surface area contributed by atoms with Crippen LogP contribution in [0.3, 0.4) is 0 Å². The maximum absolute atomic E-state index is 10.5. The molecule has 0 unspecified atom stereocenters. The second-order valence-electron chi connectivity index (χ2n) is 2.01. The molecule has 0 bridgehead atoms. The lowest BCUT2D eigenvalue weighted by molar-refractivity contribution is -0.139. The van der Waals surface area contributed by atoms with Gasteiger partial charge in [-0.1, -0.05) is 0 Å². The minimum absolute atomic E-state index is 0.224. The smallest absolute Gasteiger partial charge is 0.319 e. The molecule has 4 heteroatoms. The Morgan fingerprint density at radius 2 is 2.45 bits per heavy atom. The number of nitrogens with zero attached hydrogens (tertiary/aromatic N) is 1. The first-order valence-corrected chi connectivity index (χ1v) is 3.45. The maximum atomic E-state index is 10.5. The van der Waals surface area contributed by atoms with Gasteiger partial charge in [0.1, 0.15) is 0 Å². The predicted molar refractivity (Wildman–Crippen MR) is 39.7 cm³/mol. The molecule has 0 saturated heterocycles. The summed E-state index contributed by atoms with van der Waals surface area (Å²) in [4.78, 5) is 10.5. The molecule has 1 N–H and O–H groups in total. The van der Waals surface area contributed by atoms with E-state index in [2.05, 4.69) is 10.1 Å². The van der Waals surface area contributed by atoms with Gasteiger partial charge in [-0.3, -0.25) is 4.79 Å². The number of carbonyl (C=O) groups excluding carboxylic acids is 1. The Balaban J connectivity index is 3.03. The van der Waals surface area contributed by atoms with E-state index in [1.165, 1.54) is 7.11 Å². The number of rotatable bonds is 5. The highest BCUT2D eigenvalue weighted by Gasteiger charge is 1.96. The van der Waals surface area contributed by atoms with Gasteiger partial charge in [0.25, 0.3) is 0 Å². The fourth-order valence-corrected chi connectivity index (χ4v) is 0.555. The van der Waals surface area contributed by atoms with Crippen molar-refractivity contribution in [1.82, 2.24) is 5.32 Å². The summed E-state index contributed by atoms with van der Waals surface area (Å²) in [6.45, 7) is 0.907.